The summed E-state index contributed by atoms with van der Waals surface area (Å²) in [5, 5.41) is 8.70. The first-order valence-electron chi connectivity index (χ1n) is 10.7. The monoisotopic (exact) mass is 491 g/mol. The fraction of sp³-hybridized carbons (Fsp3) is 0.348. The molecule has 3 N–H and O–H groups in total. The fourth-order valence-corrected chi connectivity index (χ4v) is 3.44. The second-order valence-electron chi connectivity index (χ2n) is 7.92. The minimum atomic E-state index is -0.969. The molecule has 1 unspecified atom stereocenters. The van der Waals surface area contributed by atoms with Crippen molar-refractivity contribution in [1.82, 2.24) is 20.4 Å². The third-order valence-electron chi connectivity index (χ3n) is 5.00. The van der Waals surface area contributed by atoms with Gasteiger partial charge in [-0.2, -0.15) is 0 Å². The Morgan fingerprint density at radius 1 is 1.21 bits per heavy atom. The van der Waals surface area contributed by atoms with E-state index in [0.29, 0.717) is 10.7 Å². The summed E-state index contributed by atoms with van der Waals surface area (Å²) in [6.45, 7) is 3.62. The van der Waals surface area contributed by atoms with Gasteiger partial charge in [0.2, 0.25) is 5.91 Å². The second kappa shape index (κ2) is 11.1. The Morgan fingerprint density at radius 3 is 2.53 bits per heavy atom. The van der Waals surface area contributed by atoms with Crippen LogP contribution in [0.3, 0.4) is 0 Å². The molecular weight excluding hydrogens is 465 g/mol. The van der Waals surface area contributed by atoms with Crippen molar-refractivity contribution in [2.75, 3.05) is 18.9 Å². The van der Waals surface area contributed by atoms with Crippen molar-refractivity contribution in [3.8, 4) is 5.75 Å². The summed E-state index contributed by atoms with van der Waals surface area (Å²) >= 11 is 5.96. The second-order valence-corrected chi connectivity index (χ2v) is 8.36. The molecule has 182 valence electrons. The quantitative estimate of drug-likeness (QED) is 0.496. The molecule has 1 aliphatic heterocycles. The lowest BCUT2D eigenvalue weighted by molar-refractivity contribution is -0.120. The Labute approximate surface area is 202 Å². The predicted molar refractivity (Wildman–Crippen MR) is 126 cm³/mol. The van der Waals surface area contributed by atoms with Gasteiger partial charge in [-0.25, -0.2) is 18.9 Å². The summed E-state index contributed by atoms with van der Waals surface area (Å²) in [6, 6.07) is 9.94. The molecule has 11 heteroatoms. The lowest BCUT2D eigenvalue weighted by Gasteiger charge is -2.41. The number of hydrogen-bond donors (Lipinski definition) is 3. The van der Waals surface area contributed by atoms with Crippen LogP contribution in [0.4, 0.5) is 19.7 Å². The van der Waals surface area contributed by atoms with E-state index in [2.05, 4.69) is 16.0 Å². The van der Waals surface area contributed by atoms with E-state index in [0.717, 1.165) is 10.5 Å². The molecule has 34 heavy (non-hydrogen) atoms. The number of carbonyl (C=O) groups is 3. The predicted octanol–water partition coefficient (Wildman–Crippen LogP) is 3.75. The van der Waals surface area contributed by atoms with Crippen molar-refractivity contribution in [3.05, 3.63) is 58.9 Å². The Balaban J connectivity index is 1.83. The van der Waals surface area contributed by atoms with E-state index >= 15 is 0 Å². The number of benzene rings is 2. The molecule has 5 amide bonds. The summed E-state index contributed by atoms with van der Waals surface area (Å²) < 4.78 is 19.9. The highest BCUT2D eigenvalue weighted by Gasteiger charge is 2.38. The Kier molecular flexibility index (Phi) is 8.17. The van der Waals surface area contributed by atoms with Gasteiger partial charge in [0.25, 0.3) is 0 Å². The average molecular weight is 492 g/mol. The maximum absolute atomic E-state index is 14.5. The first kappa shape index (κ1) is 25.1. The fourth-order valence-electron chi connectivity index (χ4n) is 3.32. The Hall–Kier alpha value is -3.53. The van der Waals surface area contributed by atoms with Gasteiger partial charge in [-0.1, -0.05) is 23.7 Å². The third kappa shape index (κ3) is 6.28. The highest BCUT2D eigenvalue weighted by atomic mass is 35.5. The van der Waals surface area contributed by atoms with Gasteiger partial charge in [0.1, 0.15) is 0 Å². The SMILES string of the molecule is CNC(=O)CCN1C(=O)NC(Nc2ccc(OC(C)C)c(F)c2)N(Cc2ccc(Cl)cc2)C1=O. The maximum atomic E-state index is 14.5. The molecular formula is C23H27ClFN5O4. The van der Waals surface area contributed by atoms with Crippen LogP contribution in [0.15, 0.2) is 42.5 Å². The number of urea groups is 2. The van der Waals surface area contributed by atoms with Gasteiger partial charge < -0.3 is 15.4 Å². The summed E-state index contributed by atoms with van der Waals surface area (Å²) in [4.78, 5) is 39.9. The lowest BCUT2D eigenvalue weighted by Crippen LogP contribution is -2.67. The van der Waals surface area contributed by atoms with E-state index in [-0.39, 0.29) is 37.3 Å². The standard InChI is InChI=1S/C23H27ClFN5O4/c1-14(2)34-19-9-8-17(12-18(19)25)27-21-28-22(32)29(11-10-20(31)26-3)23(33)30(21)13-15-4-6-16(24)7-5-15/h4-9,12,14,21,27H,10-11,13H2,1-3H3,(H,26,31)(H,28,32). The van der Waals surface area contributed by atoms with Crippen LogP contribution in [0.2, 0.25) is 5.02 Å². The van der Waals surface area contributed by atoms with E-state index in [4.69, 9.17) is 16.3 Å². The van der Waals surface area contributed by atoms with Crippen LogP contribution in [0.5, 0.6) is 5.75 Å². The molecule has 0 bridgehead atoms. The van der Waals surface area contributed by atoms with Crippen molar-refractivity contribution in [3.63, 3.8) is 0 Å². The summed E-state index contributed by atoms with van der Waals surface area (Å²) in [5.74, 6) is -0.782. The van der Waals surface area contributed by atoms with Crippen LogP contribution in [0, 0.1) is 5.82 Å². The van der Waals surface area contributed by atoms with Crippen molar-refractivity contribution in [1.29, 1.82) is 0 Å². The van der Waals surface area contributed by atoms with Gasteiger partial charge in [0, 0.05) is 36.8 Å². The van der Waals surface area contributed by atoms with Crippen LogP contribution in [-0.4, -0.2) is 53.8 Å². The van der Waals surface area contributed by atoms with Gasteiger partial charge in [0.05, 0.1) is 12.6 Å². The molecule has 2 aromatic carbocycles. The normalized spacial score (nSPS) is 15.9. The van der Waals surface area contributed by atoms with E-state index in [1.54, 1.807) is 44.2 Å². The number of nitrogens with one attached hydrogen (secondary N) is 3. The lowest BCUT2D eigenvalue weighted by atomic mass is 10.2. The number of carbonyl (C=O) groups excluding carboxylic acids is 3. The number of amides is 5. The van der Waals surface area contributed by atoms with Crippen LogP contribution in [-0.2, 0) is 11.3 Å². The first-order valence-corrected chi connectivity index (χ1v) is 11.1. The van der Waals surface area contributed by atoms with Gasteiger partial charge in [0.15, 0.2) is 17.9 Å². The molecule has 9 nitrogen and oxygen atoms in total. The average Bonchev–Trinajstić information content (AvgIpc) is 2.79. The molecule has 0 saturated carbocycles. The number of ether oxygens (including phenoxy) is 1. The number of rotatable bonds is 9. The van der Waals surface area contributed by atoms with Crippen LogP contribution >= 0.6 is 11.6 Å². The largest absolute Gasteiger partial charge is 0.488 e. The molecule has 1 fully saturated rings. The van der Waals surface area contributed by atoms with Crippen molar-refractivity contribution in [2.45, 2.75) is 39.2 Å². The van der Waals surface area contributed by atoms with Crippen LogP contribution < -0.4 is 20.7 Å². The minimum absolute atomic E-state index is 0.0366. The highest BCUT2D eigenvalue weighted by Crippen LogP contribution is 2.24. The number of imide groups is 1. The molecule has 0 spiro atoms. The van der Waals surface area contributed by atoms with E-state index in [9.17, 15) is 18.8 Å². The third-order valence-corrected chi connectivity index (χ3v) is 5.25. The minimum Gasteiger partial charge on any atom is -0.488 e. The summed E-state index contributed by atoms with van der Waals surface area (Å²) in [6.07, 6.45) is -1.20. The number of hydrogen-bond acceptors (Lipinski definition) is 5. The number of nitrogens with zero attached hydrogens (tertiary/aromatic N) is 2. The number of halogens is 2. The molecule has 1 saturated heterocycles. The highest BCUT2D eigenvalue weighted by molar-refractivity contribution is 6.30. The zero-order chi connectivity index (χ0) is 24.8. The Morgan fingerprint density at radius 2 is 1.91 bits per heavy atom. The van der Waals surface area contributed by atoms with E-state index in [1.165, 1.54) is 24.1 Å². The molecule has 3 rings (SSSR count). The zero-order valence-electron chi connectivity index (χ0n) is 19.1. The summed E-state index contributed by atoms with van der Waals surface area (Å²) in [5.41, 5.74) is 1.10. The summed E-state index contributed by atoms with van der Waals surface area (Å²) in [7, 11) is 1.48. The molecule has 0 aromatic heterocycles. The smallest absolute Gasteiger partial charge is 0.331 e. The topological polar surface area (TPSA) is 103 Å². The molecule has 2 aromatic rings. The molecule has 0 radical (unpaired) electrons. The molecule has 1 heterocycles. The van der Waals surface area contributed by atoms with Gasteiger partial charge >= 0.3 is 12.1 Å². The zero-order valence-corrected chi connectivity index (χ0v) is 19.9. The molecule has 1 aliphatic rings. The Bertz CT molecular complexity index is 1050. The van der Waals surface area contributed by atoms with Gasteiger partial charge in [-0.3, -0.25) is 15.0 Å². The number of anilines is 1. The van der Waals surface area contributed by atoms with Crippen LogP contribution in [0.25, 0.3) is 0 Å². The maximum Gasteiger partial charge on any atom is 0.331 e. The van der Waals surface area contributed by atoms with E-state index in [1.807, 2.05) is 0 Å². The van der Waals surface area contributed by atoms with E-state index < -0.39 is 24.2 Å². The first-order chi connectivity index (χ1) is 16.2. The van der Waals surface area contributed by atoms with Gasteiger partial charge in [-0.05, 0) is 43.7 Å². The molecule has 0 aliphatic carbocycles. The van der Waals surface area contributed by atoms with Crippen LogP contribution in [0.1, 0.15) is 25.8 Å². The van der Waals surface area contributed by atoms with Crippen molar-refractivity contribution < 1.29 is 23.5 Å². The van der Waals surface area contributed by atoms with Crippen molar-refractivity contribution in [2.24, 2.45) is 0 Å². The molecule has 1 atom stereocenters. The van der Waals surface area contributed by atoms with Gasteiger partial charge in [-0.15, -0.1) is 0 Å². The van der Waals surface area contributed by atoms with Crippen molar-refractivity contribution >= 4 is 35.3 Å².